The van der Waals surface area contributed by atoms with Crippen molar-refractivity contribution >= 4 is 37.8 Å². The predicted octanol–water partition coefficient (Wildman–Crippen LogP) is 3.05. The van der Waals surface area contributed by atoms with Crippen molar-refractivity contribution < 1.29 is 9.53 Å². The van der Waals surface area contributed by atoms with E-state index in [1.165, 1.54) is 0 Å². The fourth-order valence-electron chi connectivity index (χ4n) is 1.68. The molecule has 0 unspecified atom stereocenters. The van der Waals surface area contributed by atoms with E-state index in [2.05, 4.69) is 55.9 Å². The van der Waals surface area contributed by atoms with E-state index in [1.54, 1.807) is 0 Å². The summed E-state index contributed by atoms with van der Waals surface area (Å²) < 4.78 is 7.25. The number of ether oxygens (including phenoxy) is 1. The summed E-state index contributed by atoms with van der Waals surface area (Å²) >= 11 is 6.76. The highest BCUT2D eigenvalue weighted by Gasteiger charge is 2.06. The maximum absolute atomic E-state index is 11.7. The Morgan fingerprint density at radius 3 is 2.60 bits per heavy atom. The van der Waals surface area contributed by atoms with Crippen LogP contribution in [0.3, 0.4) is 0 Å². The van der Waals surface area contributed by atoms with E-state index >= 15 is 0 Å². The molecular weight excluding hydrogens is 388 g/mol. The molecule has 0 spiro atoms. The molecule has 1 aromatic rings. The highest BCUT2D eigenvalue weighted by molar-refractivity contribution is 9.11. The summed E-state index contributed by atoms with van der Waals surface area (Å²) in [7, 11) is 0. The molecule has 0 aliphatic heterocycles. The second-order valence-corrected chi connectivity index (χ2v) is 6.01. The van der Waals surface area contributed by atoms with Gasteiger partial charge in [-0.05, 0) is 47.2 Å². The van der Waals surface area contributed by atoms with Crippen LogP contribution in [0.4, 0.5) is 0 Å². The van der Waals surface area contributed by atoms with Crippen molar-refractivity contribution in [3.05, 3.63) is 27.1 Å². The summed E-state index contributed by atoms with van der Waals surface area (Å²) in [5, 5.41) is 2.85. The number of carbonyl (C=O) groups excluding carboxylic acids is 1. The van der Waals surface area contributed by atoms with Gasteiger partial charge >= 0.3 is 0 Å². The van der Waals surface area contributed by atoms with E-state index in [0.717, 1.165) is 28.6 Å². The summed E-state index contributed by atoms with van der Waals surface area (Å²) in [6, 6.07) is 5.57. The van der Waals surface area contributed by atoms with Crippen LogP contribution < -0.4 is 10.1 Å². The highest BCUT2D eigenvalue weighted by atomic mass is 79.9. The third-order valence-corrected chi connectivity index (χ3v) is 4.01. The monoisotopic (exact) mass is 406 g/mol. The average molecular weight is 408 g/mol. The molecule has 4 nitrogen and oxygen atoms in total. The standard InChI is InChI=1S/C14H20Br2N2O2/c1-3-18(4-2)8-7-17-14(19)10-20-13-6-5-11(15)9-12(13)16/h5-6,9H,3-4,7-8,10H2,1-2H3,(H,17,19). The Balaban J connectivity index is 2.29. The normalized spacial score (nSPS) is 10.7. The van der Waals surface area contributed by atoms with E-state index in [0.29, 0.717) is 12.3 Å². The molecule has 0 aliphatic rings. The van der Waals surface area contributed by atoms with Crippen molar-refractivity contribution in [1.82, 2.24) is 10.2 Å². The highest BCUT2D eigenvalue weighted by Crippen LogP contribution is 2.27. The quantitative estimate of drug-likeness (QED) is 0.719. The van der Waals surface area contributed by atoms with Gasteiger partial charge in [0.15, 0.2) is 6.61 Å². The molecule has 1 amide bonds. The molecular formula is C14H20Br2N2O2. The van der Waals surface area contributed by atoms with Crippen molar-refractivity contribution in [1.29, 1.82) is 0 Å². The van der Waals surface area contributed by atoms with Crippen LogP contribution >= 0.6 is 31.9 Å². The van der Waals surface area contributed by atoms with Crippen molar-refractivity contribution in [3.63, 3.8) is 0 Å². The molecule has 0 saturated carbocycles. The molecule has 0 saturated heterocycles. The van der Waals surface area contributed by atoms with Gasteiger partial charge in [-0.1, -0.05) is 29.8 Å². The Labute approximate surface area is 137 Å². The lowest BCUT2D eigenvalue weighted by molar-refractivity contribution is -0.123. The van der Waals surface area contributed by atoms with E-state index in [-0.39, 0.29) is 12.5 Å². The molecule has 0 bridgehead atoms. The second kappa shape index (κ2) is 9.37. The minimum absolute atomic E-state index is 0.0263. The van der Waals surface area contributed by atoms with Crippen LogP contribution in [0.25, 0.3) is 0 Å². The zero-order valence-electron chi connectivity index (χ0n) is 11.8. The number of carbonyl (C=O) groups is 1. The Hall–Kier alpha value is -0.590. The SMILES string of the molecule is CCN(CC)CCNC(=O)COc1ccc(Br)cc1Br. The Morgan fingerprint density at radius 2 is 2.00 bits per heavy atom. The van der Waals surface area contributed by atoms with Gasteiger partial charge in [-0.3, -0.25) is 4.79 Å². The lowest BCUT2D eigenvalue weighted by Gasteiger charge is -2.18. The van der Waals surface area contributed by atoms with Gasteiger partial charge < -0.3 is 15.0 Å². The summed E-state index contributed by atoms with van der Waals surface area (Å²) in [4.78, 5) is 13.9. The number of likely N-dealkylation sites (N-methyl/N-ethyl adjacent to an activating group) is 1. The lowest BCUT2D eigenvalue weighted by atomic mass is 10.3. The smallest absolute Gasteiger partial charge is 0.257 e. The van der Waals surface area contributed by atoms with Gasteiger partial charge in [-0.15, -0.1) is 0 Å². The number of halogens is 2. The lowest BCUT2D eigenvalue weighted by Crippen LogP contribution is -2.36. The number of rotatable bonds is 8. The van der Waals surface area contributed by atoms with E-state index < -0.39 is 0 Å². The van der Waals surface area contributed by atoms with Crippen LogP contribution in [0.15, 0.2) is 27.1 Å². The molecule has 0 radical (unpaired) electrons. The van der Waals surface area contributed by atoms with Gasteiger partial charge in [0.2, 0.25) is 0 Å². The Kier molecular flexibility index (Phi) is 8.18. The number of nitrogens with zero attached hydrogens (tertiary/aromatic N) is 1. The summed E-state index contributed by atoms with van der Waals surface area (Å²) in [5.74, 6) is 0.555. The number of nitrogens with one attached hydrogen (secondary N) is 1. The fraction of sp³-hybridized carbons (Fsp3) is 0.500. The number of benzene rings is 1. The molecule has 1 N–H and O–H groups in total. The molecule has 20 heavy (non-hydrogen) atoms. The summed E-state index contributed by atoms with van der Waals surface area (Å²) in [6.07, 6.45) is 0. The maximum Gasteiger partial charge on any atom is 0.257 e. The molecule has 112 valence electrons. The van der Waals surface area contributed by atoms with Crippen molar-refractivity contribution in [2.24, 2.45) is 0 Å². The number of hydrogen-bond acceptors (Lipinski definition) is 3. The van der Waals surface area contributed by atoms with Gasteiger partial charge in [0, 0.05) is 17.6 Å². The zero-order chi connectivity index (χ0) is 15.0. The molecule has 1 rings (SSSR count). The molecule has 0 aromatic heterocycles. The van der Waals surface area contributed by atoms with Crippen molar-refractivity contribution in [3.8, 4) is 5.75 Å². The number of amides is 1. The first-order valence-corrected chi connectivity index (χ1v) is 8.22. The maximum atomic E-state index is 11.7. The fourth-order valence-corrected chi connectivity index (χ4v) is 2.84. The Bertz CT molecular complexity index is 437. The molecule has 0 heterocycles. The van der Waals surface area contributed by atoms with E-state index in [4.69, 9.17) is 4.74 Å². The van der Waals surface area contributed by atoms with Gasteiger partial charge in [-0.2, -0.15) is 0 Å². The van der Waals surface area contributed by atoms with Crippen molar-refractivity contribution in [2.45, 2.75) is 13.8 Å². The summed E-state index contributed by atoms with van der Waals surface area (Å²) in [6.45, 7) is 7.74. The molecule has 6 heteroatoms. The van der Waals surface area contributed by atoms with Crippen LogP contribution in [0.5, 0.6) is 5.75 Å². The van der Waals surface area contributed by atoms with Gasteiger partial charge in [0.05, 0.1) is 4.47 Å². The first-order valence-electron chi connectivity index (χ1n) is 6.63. The molecule has 0 aliphatic carbocycles. The molecule has 0 atom stereocenters. The summed E-state index contributed by atoms with van der Waals surface area (Å²) in [5.41, 5.74) is 0. The van der Waals surface area contributed by atoms with Crippen LogP contribution in [-0.4, -0.2) is 43.6 Å². The third-order valence-electron chi connectivity index (χ3n) is 2.90. The van der Waals surface area contributed by atoms with Crippen LogP contribution in [-0.2, 0) is 4.79 Å². The third kappa shape index (κ3) is 6.24. The first-order chi connectivity index (χ1) is 9.56. The van der Waals surface area contributed by atoms with Crippen LogP contribution in [0.2, 0.25) is 0 Å². The minimum atomic E-state index is -0.105. The van der Waals surface area contributed by atoms with Gasteiger partial charge in [0.25, 0.3) is 5.91 Å². The van der Waals surface area contributed by atoms with E-state index in [1.807, 2.05) is 18.2 Å². The van der Waals surface area contributed by atoms with Gasteiger partial charge in [-0.25, -0.2) is 0 Å². The predicted molar refractivity (Wildman–Crippen MR) is 88.1 cm³/mol. The van der Waals surface area contributed by atoms with Crippen molar-refractivity contribution in [2.75, 3.05) is 32.8 Å². The van der Waals surface area contributed by atoms with E-state index in [9.17, 15) is 4.79 Å². The molecule has 1 aromatic carbocycles. The first kappa shape index (κ1) is 17.5. The average Bonchev–Trinajstić information content (AvgIpc) is 2.42. The van der Waals surface area contributed by atoms with Crippen LogP contribution in [0.1, 0.15) is 13.8 Å². The largest absolute Gasteiger partial charge is 0.483 e. The van der Waals surface area contributed by atoms with Gasteiger partial charge in [0.1, 0.15) is 5.75 Å². The topological polar surface area (TPSA) is 41.6 Å². The zero-order valence-corrected chi connectivity index (χ0v) is 15.0. The van der Waals surface area contributed by atoms with Crippen LogP contribution in [0, 0.1) is 0 Å². The minimum Gasteiger partial charge on any atom is -0.483 e. The number of hydrogen-bond donors (Lipinski definition) is 1. The Morgan fingerprint density at radius 1 is 1.30 bits per heavy atom. The molecule has 0 fully saturated rings. The second-order valence-electron chi connectivity index (χ2n) is 4.24.